The van der Waals surface area contributed by atoms with Crippen LogP contribution in [0.15, 0.2) is 0 Å². The van der Waals surface area contributed by atoms with Gasteiger partial charge in [0.25, 0.3) is 0 Å². The molecule has 0 heterocycles. The van der Waals surface area contributed by atoms with Gasteiger partial charge < -0.3 is 9.64 Å². The van der Waals surface area contributed by atoms with Crippen LogP contribution < -0.4 is 0 Å². The van der Waals surface area contributed by atoms with Gasteiger partial charge in [0.05, 0.1) is 0 Å². The third-order valence-corrected chi connectivity index (χ3v) is 2.63. The Kier molecular flexibility index (Phi) is 8.82. The summed E-state index contributed by atoms with van der Waals surface area (Å²) in [5, 5.41) is 0. The van der Waals surface area contributed by atoms with Crippen LogP contribution >= 0.6 is 11.6 Å². The highest BCUT2D eigenvalue weighted by molar-refractivity contribution is 6.18. The molecule has 0 saturated carbocycles. The fourth-order valence-electron chi connectivity index (χ4n) is 1.60. The molecular weight excluding hydrogens is 214 g/mol. The van der Waals surface area contributed by atoms with E-state index >= 15 is 0 Å². The van der Waals surface area contributed by atoms with Crippen LogP contribution in [-0.2, 0) is 9.53 Å². The maximum Gasteiger partial charge on any atom is 0.248 e. The quantitative estimate of drug-likeness (QED) is 0.604. The zero-order valence-electron chi connectivity index (χ0n) is 9.96. The lowest BCUT2D eigenvalue weighted by Gasteiger charge is -2.29. The van der Waals surface area contributed by atoms with Gasteiger partial charge in [0.2, 0.25) is 5.91 Å². The zero-order chi connectivity index (χ0) is 11.7. The molecule has 0 aromatic rings. The van der Waals surface area contributed by atoms with Crippen LogP contribution in [0, 0.1) is 0 Å². The Morgan fingerprint density at radius 3 is 2.33 bits per heavy atom. The Labute approximate surface area is 97.7 Å². The molecule has 0 bridgehead atoms. The average molecular weight is 236 g/mol. The second kappa shape index (κ2) is 8.98. The molecule has 0 rings (SSSR count). The summed E-state index contributed by atoms with van der Waals surface area (Å²) in [5.41, 5.74) is 0. The van der Waals surface area contributed by atoms with Gasteiger partial charge in [0, 0.05) is 25.1 Å². The molecule has 0 N–H and O–H groups in total. The van der Waals surface area contributed by atoms with Gasteiger partial charge in [0.1, 0.15) is 6.61 Å². The molecule has 90 valence electrons. The summed E-state index contributed by atoms with van der Waals surface area (Å²) in [6, 6.07) is 0.289. The lowest BCUT2D eigenvalue weighted by molar-refractivity contribution is -0.138. The van der Waals surface area contributed by atoms with Crippen LogP contribution in [0.25, 0.3) is 0 Å². The molecule has 0 atom stereocenters. The summed E-state index contributed by atoms with van der Waals surface area (Å²) < 4.78 is 5.13. The molecule has 0 aliphatic rings. The van der Waals surface area contributed by atoms with Crippen molar-refractivity contribution in [2.75, 3.05) is 25.6 Å². The van der Waals surface area contributed by atoms with Gasteiger partial charge in [-0.25, -0.2) is 0 Å². The smallest absolute Gasteiger partial charge is 0.248 e. The molecule has 0 aliphatic heterocycles. The highest BCUT2D eigenvalue weighted by atomic mass is 35.5. The number of ether oxygens (including phenoxy) is 1. The molecule has 4 heteroatoms. The predicted molar refractivity (Wildman–Crippen MR) is 63.3 cm³/mol. The number of amides is 1. The molecule has 15 heavy (non-hydrogen) atoms. The van der Waals surface area contributed by atoms with Crippen LogP contribution in [0.3, 0.4) is 0 Å². The number of alkyl halides is 1. The second-order valence-corrected chi connectivity index (χ2v) is 3.76. The molecule has 0 aromatic carbocycles. The van der Waals surface area contributed by atoms with Crippen molar-refractivity contribution in [3.05, 3.63) is 0 Å². The number of carbonyl (C=O) groups is 1. The van der Waals surface area contributed by atoms with Gasteiger partial charge in [-0.1, -0.05) is 13.8 Å². The van der Waals surface area contributed by atoms with Crippen LogP contribution in [-0.4, -0.2) is 42.5 Å². The van der Waals surface area contributed by atoms with Crippen molar-refractivity contribution in [1.82, 2.24) is 4.90 Å². The second-order valence-electron chi connectivity index (χ2n) is 3.38. The number of halogens is 1. The number of hydrogen-bond donors (Lipinski definition) is 0. The minimum Gasteiger partial charge on any atom is -0.372 e. The van der Waals surface area contributed by atoms with E-state index in [1.165, 1.54) is 0 Å². The fraction of sp³-hybridized carbons (Fsp3) is 0.909. The standard InChI is InChI=1S/C11H22ClNO2/c1-4-10(5-2)13(8-7-12)11(14)9-15-6-3/h10H,4-9H2,1-3H3. The molecular formula is C11H22ClNO2. The number of hydrogen-bond acceptors (Lipinski definition) is 2. The highest BCUT2D eigenvalue weighted by Gasteiger charge is 2.19. The minimum absolute atomic E-state index is 0.0474. The predicted octanol–water partition coefficient (Wildman–Crippen LogP) is 2.28. The monoisotopic (exact) mass is 235 g/mol. The molecule has 0 aromatic heterocycles. The Balaban J connectivity index is 4.28. The van der Waals surface area contributed by atoms with Crippen LogP contribution in [0.1, 0.15) is 33.6 Å². The zero-order valence-corrected chi connectivity index (χ0v) is 10.7. The van der Waals surface area contributed by atoms with Crippen molar-refractivity contribution in [3.63, 3.8) is 0 Å². The first kappa shape index (κ1) is 14.7. The van der Waals surface area contributed by atoms with Gasteiger partial charge in [-0.05, 0) is 19.8 Å². The largest absolute Gasteiger partial charge is 0.372 e. The van der Waals surface area contributed by atoms with Gasteiger partial charge in [-0.2, -0.15) is 0 Å². The third-order valence-electron chi connectivity index (χ3n) is 2.46. The van der Waals surface area contributed by atoms with E-state index in [1.807, 2.05) is 11.8 Å². The van der Waals surface area contributed by atoms with E-state index in [2.05, 4.69) is 13.8 Å². The normalized spacial score (nSPS) is 10.7. The van der Waals surface area contributed by atoms with Crippen molar-refractivity contribution >= 4 is 17.5 Å². The summed E-state index contributed by atoms with van der Waals surface area (Å²) >= 11 is 5.70. The van der Waals surface area contributed by atoms with E-state index in [4.69, 9.17) is 16.3 Å². The Morgan fingerprint density at radius 2 is 1.93 bits per heavy atom. The maximum absolute atomic E-state index is 11.8. The summed E-state index contributed by atoms with van der Waals surface area (Å²) in [5.74, 6) is 0.528. The lowest BCUT2D eigenvalue weighted by atomic mass is 10.1. The van der Waals surface area contributed by atoms with Gasteiger partial charge in [-0.15, -0.1) is 11.6 Å². The summed E-state index contributed by atoms with van der Waals surface area (Å²) in [6.45, 7) is 7.41. The third kappa shape index (κ3) is 5.38. The van der Waals surface area contributed by atoms with Crippen molar-refractivity contribution in [3.8, 4) is 0 Å². The Bertz CT molecular complexity index is 172. The molecule has 0 aliphatic carbocycles. The summed E-state index contributed by atoms with van der Waals surface area (Å²) in [7, 11) is 0. The van der Waals surface area contributed by atoms with Gasteiger partial charge >= 0.3 is 0 Å². The van der Waals surface area contributed by atoms with Crippen molar-refractivity contribution in [2.24, 2.45) is 0 Å². The van der Waals surface area contributed by atoms with E-state index in [0.717, 1.165) is 12.8 Å². The highest BCUT2D eigenvalue weighted by Crippen LogP contribution is 2.09. The molecule has 0 fully saturated rings. The number of rotatable bonds is 8. The van der Waals surface area contributed by atoms with Crippen molar-refractivity contribution < 1.29 is 9.53 Å². The van der Waals surface area contributed by atoms with E-state index in [1.54, 1.807) is 0 Å². The van der Waals surface area contributed by atoms with Gasteiger partial charge in [-0.3, -0.25) is 4.79 Å². The van der Waals surface area contributed by atoms with Crippen molar-refractivity contribution in [1.29, 1.82) is 0 Å². The fourth-order valence-corrected chi connectivity index (χ4v) is 1.79. The minimum atomic E-state index is 0.0474. The molecule has 1 amide bonds. The van der Waals surface area contributed by atoms with Gasteiger partial charge in [0.15, 0.2) is 0 Å². The van der Waals surface area contributed by atoms with Crippen LogP contribution in [0.4, 0.5) is 0 Å². The molecule has 0 radical (unpaired) electrons. The topological polar surface area (TPSA) is 29.5 Å². The first-order valence-corrected chi connectivity index (χ1v) is 6.17. The van der Waals surface area contributed by atoms with Crippen LogP contribution in [0.2, 0.25) is 0 Å². The lowest BCUT2D eigenvalue weighted by Crippen LogP contribution is -2.43. The van der Waals surface area contributed by atoms with E-state index in [0.29, 0.717) is 19.0 Å². The number of nitrogens with zero attached hydrogens (tertiary/aromatic N) is 1. The molecule has 0 saturated heterocycles. The average Bonchev–Trinajstić information content (AvgIpc) is 2.26. The maximum atomic E-state index is 11.8. The number of carbonyl (C=O) groups excluding carboxylic acids is 1. The van der Waals surface area contributed by atoms with E-state index in [-0.39, 0.29) is 18.6 Å². The molecule has 0 spiro atoms. The Morgan fingerprint density at radius 1 is 1.33 bits per heavy atom. The van der Waals surface area contributed by atoms with Crippen molar-refractivity contribution in [2.45, 2.75) is 39.7 Å². The molecule has 0 unspecified atom stereocenters. The Hall–Kier alpha value is -0.280. The van der Waals surface area contributed by atoms with E-state index in [9.17, 15) is 4.79 Å². The van der Waals surface area contributed by atoms with Crippen LogP contribution in [0.5, 0.6) is 0 Å². The first-order chi connectivity index (χ1) is 7.21. The summed E-state index contributed by atoms with van der Waals surface area (Å²) in [6.07, 6.45) is 1.93. The summed E-state index contributed by atoms with van der Waals surface area (Å²) in [4.78, 5) is 13.6. The molecule has 3 nitrogen and oxygen atoms in total. The SMILES string of the molecule is CCOCC(=O)N(CCCl)C(CC)CC. The van der Waals surface area contributed by atoms with E-state index < -0.39 is 0 Å². The first-order valence-electron chi connectivity index (χ1n) is 5.64.